The van der Waals surface area contributed by atoms with Gasteiger partial charge < -0.3 is 4.90 Å². The zero-order valence-corrected chi connectivity index (χ0v) is 12.9. The molecule has 2 aliphatic rings. The van der Waals surface area contributed by atoms with Gasteiger partial charge in [-0.15, -0.1) is 0 Å². The SMILES string of the molecule is CN(C)C(=O)c1c[n+](Cc2ccccc2)c2cccccc1-2. The fourth-order valence-electron chi connectivity index (χ4n) is 2.63. The van der Waals surface area contributed by atoms with Gasteiger partial charge in [-0.2, -0.15) is 4.57 Å². The minimum absolute atomic E-state index is 0.0306. The van der Waals surface area contributed by atoms with Crippen molar-refractivity contribution >= 4 is 5.91 Å². The fourth-order valence-corrected chi connectivity index (χ4v) is 2.63. The number of nitrogens with zero attached hydrogens (tertiary/aromatic N) is 2. The lowest BCUT2D eigenvalue weighted by Gasteiger charge is -2.07. The average Bonchev–Trinajstić information content (AvgIpc) is 2.71. The standard InChI is InChI=1S/C19H19N2O/c1-20(2)19(22)17-14-21(13-15-9-5-3-6-10-15)18-12-8-4-7-11-16(17)18/h3-12,14H,13H2,1-2H3/q+1. The molecule has 3 heteroatoms. The molecule has 0 saturated heterocycles. The largest absolute Gasteiger partial charge is 0.345 e. The number of amides is 1. The Morgan fingerprint density at radius 1 is 0.955 bits per heavy atom. The van der Waals surface area contributed by atoms with E-state index in [-0.39, 0.29) is 5.91 Å². The molecule has 110 valence electrons. The molecule has 0 bridgehead atoms. The maximum absolute atomic E-state index is 12.4. The summed E-state index contributed by atoms with van der Waals surface area (Å²) in [6.45, 7) is 0.752. The first kappa shape index (κ1) is 14.3. The lowest BCUT2D eigenvalue weighted by atomic mass is 10.1. The highest BCUT2D eigenvalue weighted by Crippen LogP contribution is 2.23. The fraction of sp³-hybridized carbons (Fsp3) is 0.158. The predicted molar refractivity (Wildman–Crippen MR) is 86.8 cm³/mol. The number of benzene rings is 1. The van der Waals surface area contributed by atoms with Crippen LogP contribution in [0.4, 0.5) is 0 Å². The van der Waals surface area contributed by atoms with Crippen molar-refractivity contribution in [3.8, 4) is 11.3 Å². The van der Waals surface area contributed by atoms with Crippen LogP contribution in [0, 0.1) is 0 Å². The zero-order chi connectivity index (χ0) is 15.5. The van der Waals surface area contributed by atoms with Gasteiger partial charge in [-0.3, -0.25) is 4.79 Å². The van der Waals surface area contributed by atoms with Crippen molar-refractivity contribution in [1.82, 2.24) is 4.90 Å². The summed E-state index contributed by atoms with van der Waals surface area (Å²) in [4.78, 5) is 14.1. The van der Waals surface area contributed by atoms with Gasteiger partial charge in [-0.1, -0.05) is 48.5 Å². The number of carbonyl (C=O) groups is 1. The monoisotopic (exact) mass is 291 g/mol. The molecule has 0 N–H and O–H groups in total. The molecule has 0 unspecified atom stereocenters. The van der Waals surface area contributed by atoms with Gasteiger partial charge in [0.05, 0.1) is 5.56 Å². The first-order valence-corrected chi connectivity index (χ1v) is 7.33. The molecule has 0 spiro atoms. The molecule has 0 radical (unpaired) electrons. The molecule has 1 amide bonds. The lowest BCUT2D eigenvalue weighted by molar-refractivity contribution is -0.674. The van der Waals surface area contributed by atoms with E-state index >= 15 is 0 Å². The molecule has 3 nitrogen and oxygen atoms in total. The maximum atomic E-state index is 12.4. The van der Waals surface area contributed by atoms with Crippen LogP contribution in [0.2, 0.25) is 0 Å². The smallest absolute Gasteiger partial charge is 0.260 e. The number of fused-ring (bicyclic) bond motifs is 1. The van der Waals surface area contributed by atoms with Gasteiger partial charge in [0.1, 0.15) is 5.56 Å². The Labute approximate surface area is 130 Å². The van der Waals surface area contributed by atoms with Crippen molar-refractivity contribution < 1.29 is 9.36 Å². The summed E-state index contributed by atoms with van der Waals surface area (Å²) in [5.74, 6) is 0.0306. The first-order chi connectivity index (χ1) is 10.7. The average molecular weight is 291 g/mol. The molecule has 1 aromatic rings. The quantitative estimate of drug-likeness (QED) is 0.681. The van der Waals surface area contributed by atoms with Gasteiger partial charge in [-0.05, 0) is 6.07 Å². The molecule has 0 fully saturated rings. The Kier molecular flexibility index (Phi) is 3.88. The van der Waals surface area contributed by atoms with E-state index in [1.807, 2.05) is 48.7 Å². The molecule has 3 rings (SSSR count). The van der Waals surface area contributed by atoms with Crippen LogP contribution < -0.4 is 4.57 Å². The van der Waals surface area contributed by atoms with Gasteiger partial charge >= 0.3 is 0 Å². The molecular weight excluding hydrogens is 272 g/mol. The molecule has 0 atom stereocenters. The molecule has 22 heavy (non-hydrogen) atoms. The zero-order valence-electron chi connectivity index (χ0n) is 12.9. The van der Waals surface area contributed by atoms with E-state index in [1.165, 1.54) is 5.56 Å². The van der Waals surface area contributed by atoms with Gasteiger partial charge in [-0.25, -0.2) is 0 Å². The second-order valence-corrected chi connectivity index (χ2v) is 5.57. The summed E-state index contributed by atoms with van der Waals surface area (Å²) in [6, 6.07) is 20.3. The molecule has 1 heterocycles. The topological polar surface area (TPSA) is 24.2 Å². The number of rotatable bonds is 3. The number of aromatic nitrogens is 1. The van der Waals surface area contributed by atoms with Crippen molar-refractivity contribution in [2.24, 2.45) is 0 Å². The maximum Gasteiger partial charge on any atom is 0.260 e. The molecule has 1 aromatic carbocycles. The molecule has 0 aromatic heterocycles. The van der Waals surface area contributed by atoms with Crippen LogP contribution in [-0.4, -0.2) is 24.9 Å². The minimum Gasteiger partial charge on any atom is -0.345 e. The van der Waals surface area contributed by atoms with Crippen molar-refractivity contribution in [2.45, 2.75) is 6.54 Å². The number of hydrogen-bond acceptors (Lipinski definition) is 1. The van der Waals surface area contributed by atoms with Gasteiger partial charge in [0.15, 0.2) is 12.7 Å². The first-order valence-electron chi connectivity index (χ1n) is 7.33. The normalized spacial score (nSPS) is 10.6. The van der Waals surface area contributed by atoms with E-state index in [4.69, 9.17) is 0 Å². The van der Waals surface area contributed by atoms with Crippen LogP contribution in [0.1, 0.15) is 15.9 Å². The van der Waals surface area contributed by atoms with Crippen molar-refractivity contribution in [3.05, 3.63) is 78.0 Å². The second-order valence-electron chi connectivity index (χ2n) is 5.57. The molecule has 1 aliphatic carbocycles. The minimum atomic E-state index is 0.0306. The van der Waals surface area contributed by atoms with E-state index in [0.717, 1.165) is 23.4 Å². The number of hydrogen-bond donors (Lipinski definition) is 0. The summed E-state index contributed by atoms with van der Waals surface area (Å²) in [7, 11) is 3.57. The van der Waals surface area contributed by atoms with Crippen LogP contribution in [0.25, 0.3) is 11.3 Å². The molecular formula is C19H19N2O+. The third-order valence-electron chi connectivity index (χ3n) is 3.73. The van der Waals surface area contributed by atoms with Crippen LogP contribution in [0.3, 0.4) is 0 Å². The van der Waals surface area contributed by atoms with E-state index < -0.39 is 0 Å². The van der Waals surface area contributed by atoms with Crippen LogP contribution >= 0.6 is 0 Å². The van der Waals surface area contributed by atoms with Crippen molar-refractivity contribution in [2.75, 3.05) is 14.1 Å². The second kappa shape index (κ2) is 5.98. The van der Waals surface area contributed by atoms with E-state index in [1.54, 1.807) is 19.0 Å². The van der Waals surface area contributed by atoms with Crippen LogP contribution in [-0.2, 0) is 6.54 Å². The van der Waals surface area contributed by atoms with Crippen molar-refractivity contribution in [3.63, 3.8) is 0 Å². The molecule has 1 aliphatic heterocycles. The molecule has 0 saturated carbocycles. The number of carbonyl (C=O) groups excluding carboxylic acids is 1. The Bertz CT molecular complexity index is 766. The lowest BCUT2D eigenvalue weighted by Crippen LogP contribution is -2.33. The third kappa shape index (κ3) is 2.70. The van der Waals surface area contributed by atoms with Crippen LogP contribution in [0.5, 0.6) is 0 Å². The van der Waals surface area contributed by atoms with Crippen molar-refractivity contribution in [1.29, 1.82) is 0 Å². The van der Waals surface area contributed by atoms with E-state index in [2.05, 4.69) is 22.8 Å². The predicted octanol–water partition coefficient (Wildman–Crippen LogP) is 2.83. The van der Waals surface area contributed by atoms with Gasteiger partial charge in [0.2, 0.25) is 5.69 Å². The summed E-state index contributed by atoms with van der Waals surface area (Å²) in [6.07, 6.45) is 1.96. The van der Waals surface area contributed by atoms with Crippen LogP contribution in [0.15, 0.2) is 66.9 Å². The third-order valence-corrected chi connectivity index (χ3v) is 3.73. The highest BCUT2D eigenvalue weighted by molar-refractivity contribution is 5.99. The Hall–Kier alpha value is -2.68. The highest BCUT2D eigenvalue weighted by Gasteiger charge is 2.27. The van der Waals surface area contributed by atoms with E-state index in [0.29, 0.717) is 0 Å². The van der Waals surface area contributed by atoms with Gasteiger partial charge in [0, 0.05) is 25.7 Å². The Balaban J connectivity index is 2.09. The summed E-state index contributed by atoms with van der Waals surface area (Å²) >= 11 is 0. The van der Waals surface area contributed by atoms with Gasteiger partial charge in [0.25, 0.3) is 5.91 Å². The summed E-state index contributed by atoms with van der Waals surface area (Å²) < 4.78 is 2.14. The van der Waals surface area contributed by atoms with E-state index in [9.17, 15) is 4.79 Å². The Morgan fingerprint density at radius 3 is 2.27 bits per heavy atom. The summed E-state index contributed by atoms with van der Waals surface area (Å²) in [5.41, 5.74) is 4.01. The highest BCUT2D eigenvalue weighted by atomic mass is 16.2. The Morgan fingerprint density at radius 2 is 1.59 bits per heavy atom. The summed E-state index contributed by atoms with van der Waals surface area (Å²) in [5, 5.41) is 0.